The van der Waals surface area contributed by atoms with Gasteiger partial charge < -0.3 is 18.9 Å². The summed E-state index contributed by atoms with van der Waals surface area (Å²) in [5, 5.41) is 0. The van der Waals surface area contributed by atoms with Gasteiger partial charge in [-0.05, 0) is 26.0 Å². The summed E-state index contributed by atoms with van der Waals surface area (Å²) in [6, 6.07) is 12.6. The Balaban J connectivity index is 2.34. The monoisotopic (exact) mass is 358 g/mol. The van der Waals surface area contributed by atoms with Gasteiger partial charge in [-0.3, -0.25) is 4.79 Å². The van der Waals surface area contributed by atoms with Gasteiger partial charge in [0.15, 0.2) is 5.78 Å². The Bertz CT molecular complexity index is 784. The minimum atomic E-state index is -0.970. The van der Waals surface area contributed by atoms with E-state index in [4.69, 9.17) is 18.9 Å². The van der Waals surface area contributed by atoms with Crippen molar-refractivity contribution in [3.63, 3.8) is 0 Å². The highest BCUT2D eigenvalue weighted by molar-refractivity contribution is 6.11. The second kappa shape index (κ2) is 9.22. The van der Waals surface area contributed by atoms with E-state index in [1.54, 1.807) is 44.2 Å². The fourth-order valence-electron chi connectivity index (χ4n) is 2.06. The lowest BCUT2D eigenvalue weighted by atomic mass is 10.0. The lowest BCUT2D eigenvalue weighted by molar-refractivity contribution is 0.1000. The maximum absolute atomic E-state index is 12.7. The van der Waals surface area contributed by atoms with Crippen LogP contribution in [-0.2, 0) is 9.47 Å². The van der Waals surface area contributed by atoms with Crippen molar-refractivity contribution in [3.05, 3.63) is 59.7 Å². The summed E-state index contributed by atoms with van der Waals surface area (Å²) in [5.74, 6) is -0.376. The van der Waals surface area contributed by atoms with Gasteiger partial charge in [0.25, 0.3) is 0 Å². The molecule has 7 nitrogen and oxygen atoms in total. The Morgan fingerprint density at radius 2 is 1.42 bits per heavy atom. The number of ketones is 1. The molecule has 26 heavy (non-hydrogen) atoms. The molecule has 0 fully saturated rings. The van der Waals surface area contributed by atoms with Crippen LogP contribution >= 0.6 is 0 Å². The van der Waals surface area contributed by atoms with Gasteiger partial charge in [-0.25, -0.2) is 9.59 Å². The molecule has 0 aliphatic carbocycles. The molecule has 0 radical (unpaired) electrons. The van der Waals surface area contributed by atoms with Crippen molar-refractivity contribution in [1.82, 2.24) is 0 Å². The summed E-state index contributed by atoms with van der Waals surface area (Å²) in [7, 11) is 0. The molecule has 0 bridgehead atoms. The molecule has 0 aliphatic rings. The zero-order valence-corrected chi connectivity index (χ0v) is 14.4. The van der Waals surface area contributed by atoms with Crippen LogP contribution in [0.3, 0.4) is 0 Å². The molecule has 2 aromatic carbocycles. The fourth-order valence-corrected chi connectivity index (χ4v) is 2.06. The molecule has 0 N–H and O–H groups in total. The smallest absolute Gasteiger partial charge is 0.434 e. The van der Waals surface area contributed by atoms with Crippen molar-refractivity contribution in [2.75, 3.05) is 13.2 Å². The van der Waals surface area contributed by atoms with E-state index in [-0.39, 0.29) is 36.1 Å². The molecule has 0 heterocycles. The topological polar surface area (TPSA) is 88.1 Å². The highest BCUT2D eigenvalue weighted by Gasteiger charge is 2.19. The molecule has 0 unspecified atom stereocenters. The fraction of sp³-hybridized carbons (Fsp3) is 0.211. The second-order valence-corrected chi connectivity index (χ2v) is 4.92. The lowest BCUT2D eigenvalue weighted by Crippen LogP contribution is -2.14. The summed E-state index contributed by atoms with van der Waals surface area (Å²) in [6.07, 6.45) is -1.88. The zero-order chi connectivity index (χ0) is 18.9. The highest BCUT2D eigenvalue weighted by Crippen LogP contribution is 2.28. The van der Waals surface area contributed by atoms with Gasteiger partial charge in [-0.15, -0.1) is 0 Å². The molecule has 0 saturated heterocycles. The molecular formula is C19H18O7. The van der Waals surface area contributed by atoms with Crippen LogP contribution in [0.1, 0.15) is 29.8 Å². The third-order valence-corrected chi connectivity index (χ3v) is 3.15. The van der Waals surface area contributed by atoms with Crippen LogP contribution in [0, 0.1) is 0 Å². The summed E-state index contributed by atoms with van der Waals surface area (Å²) in [5.41, 5.74) is 0.542. The van der Waals surface area contributed by atoms with Crippen molar-refractivity contribution in [3.8, 4) is 11.5 Å². The minimum absolute atomic E-state index is 0.0624. The van der Waals surface area contributed by atoms with Gasteiger partial charge in [0.05, 0.1) is 18.8 Å². The number of carbonyl (C=O) groups is 3. The SMILES string of the molecule is CCOC(=O)Oc1ccc(C(=O)c2ccccc2)c(OC(=O)OCC)c1. The quantitative estimate of drug-likeness (QED) is 0.438. The molecule has 2 aromatic rings. The van der Waals surface area contributed by atoms with Crippen LogP contribution in [0.2, 0.25) is 0 Å². The zero-order valence-electron chi connectivity index (χ0n) is 14.4. The van der Waals surface area contributed by atoms with Crippen LogP contribution < -0.4 is 9.47 Å². The summed E-state index contributed by atoms with van der Waals surface area (Å²) >= 11 is 0. The third kappa shape index (κ3) is 5.07. The second-order valence-electron chi connectivity index (χ2n) is 4.92. The summed E-state index contributed by atoms with van der Waals surface area (Å²) in [6.45, 7) is 3.52. The van der Waals surface area contributed by atoms with E-state index in [9.17, 15) is 14.4 Å². The van der Waals surface area contributed by atoms with E-state index < -0.39 is 12.3 Å². The molecule has 7 heteroatoms. The van der Waals surface area contributed by atoms with Crippen molar-refractivity contribution < 1.29 is 33.3 Å². The maximum Gasteiger partial charge on any atom is 0.513 e. The standard InChI is InChI=1S/C19H18O7/c1-3-23-18(21)25-14-10-11-15(16(12-14)26-19(22)24-4-2)17(20)13-8-6-5-7-9-13/h5-12H,3-4H2,1-2H3. The molecule has 136 valence electrons. The predicted molar refractivity (Wildman–Crippen MR) is 91.6 cm³/mol. The molecule has 0 atom stereocenters. The molecule has 0 aromatic heterocycles. The van der Waals surface area contributed by atoms with Crippen LogP contribution in [-0.4, -0.2) is 31.3 Å². The molecule has 0 aliphatic heterocycles. The van der Waals surface area contributed by atoms with Crippen LogP contribution in [0.25, 0.3) is 0 Å². The van der Waals surface area contributed by atoms with Crippen LogP contribution in [0.15, 0.2) is 48.5 Å². The van der Waals surface area contributed by atoms with Gasteiger partial charge in [-0.1, -0.05) is 30.3 Å². The third-order valence-electron chi connectivity index (χ3n) is 3.15. The molecule has 0 amide bonds. The van der Waals surface area contributed by atoms with Crippen LogP contribution in [0.5, 0.6) is 11.5 Å². The van der Waals surface area contributed by atoms with Gasteiger partial charge in [0.2, 0.25) is 0 Å². The largest absolute Gasteiger partial charge is 0.513 e. The predicted octanol–water partition coefficient (Wildman–Crippen LogP) is 3.99. The Hall–Kier alpha value is -3.35. The van der Waals surface area contributed by atoms with Gasteiger partial charge in [-0.2, -0.15) is 0 Å². The van der Waals surface area contributed by atoms with Gasteiger partial charge >= 0.3 is 12.3 Å². The normalized spacial score (nSPS) is 9.92. The Labute approximate surface area is 150 Å². The number of hydrogen-bond acceptors (Lipinski definition) is 7. The van der Waals surface area contributed by atoms with E-state index in [1.807, 2.05) is 0 Å². The molecular weight excluding hydrogens is 340 g/mol. The molecule has 0 spiro atoms. The number of benzene rings is 2. The Morgan fingerprint density at radius 3 is 2.04 bits per heavy atom. The van der Waals surface area contributed by atoms with E-state index in [0.29, 0.717) is 5.56 Å². The van der Waals surface area contributed by atoms with Crippen molar-refractivity contribution >= 4 is 18.1 Å². The average molecular weight is 358 g/mol. The first kappa shape index (κ1) is 19.0. The maximum atomic E-state index is 12.7. The van der Waals surface area contributed by atoms with Gasteiger partial charge in [0, 0.05) is 11.6 Å². The highest BCUT2D eigenvalue weighted by atomic mass is 16.7. The van der Waals surface area contributed by atoms with Crippen molar-refractivity contribution in [2.24, 2.45) is 0 Å². The number of carbonyl (C=O) groups excluding carboxylic acids is 3. The van der Waals surface area contributed by atoms with E-state index in [1.165, 1.54) is 18.2 Å². The van der Waals surface area contributed by atoms with Crippen LogP contribution in [0.4, 0.5) is 9.59 Å². The molecule has 2 rings (SSSR count). The van der Waals surface area contributed by atoms with Gasteiger partial charge in [0.1, 0.15) is 11.5 Å². The minimum Gasteiger partial charge on any atom is -0.434 e. The van der Waals surface area contributed by atoms with E-state index in [2.05, 4.69) is 0 Å². The van der Waals surface area contributed by atoms with Crippen molar-refractivity contribution in [2.45, 2.75) is 13.8 Å². The number of hydrogen-bond donors (Lipinski definition) is 0. The average Bonchev–Trinajstić information content (AvgIpc) is 2.62. The van der Waals surface area contributed by atoms with E-state index in [0.717, 1.165) is 0 Å². The lowest BCUT2D eigenvalue weighted by Gasteiger charge is -2.11. The molecule has 0 saturated carbocycles. The number of rotatable bonds is 6. The number of ether oxygens (including phenoxy) is 4. The Kier molecular flexibility index (Phi) is 6.73. The first-order chi connectivity index (χ1) is 12.5. The first-order valence-electron chi connectivity index (χ1n) is 7.98. The Morgan fingerprint density at radius 1 is 0.808 bits per heavy atom. The van der Waals surface area contributed by atoms with Crippen molar-refractivity contribution in [1.29, 1.82) is 0 Å². The summed E-state index contributed by atoms with van der Waals surface area (Å²) < 4.78 is 19.5. The first-order valence-corrected chi connectivity index (χ1v) is 7.98. The van der Waals surface area contributed by atoms with E-state index >= 15 is 0 Å². The summed E-state index contributed by atoms with van der Waals surface area (Å²) in [4.78, 5) is 35.8.